The van der Waals surface area contributed by atoms with Gasteiger partial charge in [0.05, 0.1) is 35.8 Å². The number of aliphatic hydroxyl groups is 2. The van der Waals surface area contributed by atoms with Crippen molar-refractivity contribution in [1.82, 2.24) is 69.3 Å². The lowest BCUT2D eigenvalue weighted by molar-refractivity contribution is -0.142. The minimum atomic E-state index is -0.436. The highest BCUT2D eigenvalue weighted by atomic mass is 35.5. The molecule has 5 aromatic carbocycles. The predicted octanol–water partition coefficient (Wildman–Crippen LogP) is 14.4. The first-order valence-electron chi connectivity index (χ1n) is 39.4. The van der Waals surface area contributed by atoms with Crippen molar-refractivity contribution in [2.24, 2.45) is 0 Å². The van der Waals surface area contributed by atoms with Gasteiger partial charge in [0.1, 0.15) is 62.9 Å². The van der Waals surface area contributed by atoms with Crippen LogP contribution in [-0.2, 0) is 29.2 Å². The summed E-state index contributed by atoms with van der Waals surface area (Å²) in [5.74, 6) is 0.971. The van der Waals surface area contributed by atoms with Gasteiger partial charge in [-0.1, -0.05) is 0 Å². The van der Waals surface area contributed by atoms with Crippen LogP contribution in [-0.4, -0.2) is 222 Å². The molecule has 0 bridgehead atoms. The van der Waals surface area contributed by atoms with Crippen molar-refractivity contribution in [3.05, 3.63) is 154 Å². The number of aromatic nitrogens is 10. The molecule has 12 aromatic rings. The molecule has 0 spiro atoms. The fraction of sp³-hybridized carbons (Fsp3) is 0.402. The lowest BCUT2D eigenvalue weighted by atomic mass is 10.1. The van der Waals surface area contributed by atoms with E-state index in [2.05, 4.69) is 64.2 Å². The number of thiazole rings is 3. The lowest BCUT2D eigenvalue weighted by Gasteiger charge is -2.39. The lowest BCUT2D eigenvalue weighted by Crippen LogP contribution is -2.57. The Morgan fingerprint density at radius 1 is 0.457 bits per heavy atom. The molecule has 0 atom stereocenters. The summed E-state index contributed by atoms with van der Waals surface area (Å²) in [6.45, 7) is 25.6. The zero-order valence-corrected chi connectivity index (χ0v) is 68.7. The third-order valence-corrected chi connectivity index (χ3v) is 23.9. The van der Waals surface area contributed by atoms with Crippen molar-refractivity contribution in [3.63, 3.8) is 0 Å². The van der Waals surface area contributed by atoms with E-state index in [-0.39, 0.29) is 58.4 Å². The van der Waals surface area contributed by atoms with Crippen LogP contribution in [0.3, 0.4) is 0 Å². The summed E-state index contributed by atoms with van der Waals surface area (Å²) < 4.78 is 91.4. The number of carbonyl (C=O) groups excluding carboxylic acids is 2. The van der Waals surface area contributed by atoms with Crippen molar-refractivity contribution >= 4 is 140 Å². The maximum absolute atomic E-state index is 15.5. The highest BCUT2D eigenvalue weighted by Crippen LogP contribution is 2.43. The maximum atomic E-state index is 15.5. The molecule has 5 aliphatic rings. The molecule has 7 aromatic heterocycles. The molecule has 0 unspecified atom stereocenters. The number of piperidine rings is 1. The Balaban J connectivity index is 0.000000137. The number of alkyl halides is 1. The van der Waals surface area contributed by atoms with Gasteiger partial charge >= 0.3 is 0 Å². The van der Waals surface area contributed by atoms with E-state index in [1.807, 2.05) is 69.9 Å². The van der Waals surface area contributed by atoms with Crippen molar-refractivity contribution in [2.75, 3.05) is 153 Å². The van der Waals surface area contributed by atoms with Gasteiger partial charge < -0.3 is 54.7 Å². The highest BCUT2D eigenvalue weighted by molar-refractivity contribution is 7.14. The zero-order valence-electron chi connectivity index (χ0n) is 65.5. The Kier molecular flexibility index (Phi) is 26.4. The monoisotopic (exact) mass is 1670 g/mol. The maximum Gasteiger partial charge on any atom is 0.237 e. The minimum Gasteiger partial charge on any atom is -0.389 e. The van der Waals surface area contributed by atoms with E-state index in [1.54, 1.807) is 58.1 Å². The summed E-state index contributed by atoms with van der Waals surface area (Å²) >= 11 is 9.72. The first-order chi connectivity index (χ1) is 56.2. The van der Waals surface area contributed by atoms with Gasteiger partial charge in [-0.2, -0.15) is 15.3 Å². The number of nitrogens with one attached hydrogen (secondary N) is 1. The van der Waals surface area contributed by atoms with Gasteiger partial charge in [0.25, 0.3) is 0 Å². The average molecular weight is 1670 g/mol. The number of aliphatic hydroxyl groups excluding tert-OH is 2. The number of rotatable bonds is 21. The van der Waals surface area contributed by atoms with E-state index in [0.717, 1.165) is 130 Å². The summed E-state index contributed by atoms with van der Waals surface area (Å²) in [7, 11) is 0. The van der Waals surface area contributed by atoms with Crippen LogP contribution in [0.25, 0.3) is 66.6 Å². The molecule has 34 heteroatoms. The molecule has 24 nitrogen and oxygen atoms in total. The first kappa shape index (κ1) is 82.5. The smallest absolute Gasteiger partial charge is 0.237 e. The van der Waals surface area contributed by atoms with Gasteiger partial charge in [-0.3, -0.25) is 14.5 Å². The van der Waals surface area contributed by atoms with Gasteiger partial charge in [0.15, 0.2) is 38.7 Å². The number of fused-ring (bicyclic) bond motifs is 3. The molecule has 5 saturated heterocycles. The SMILES string of the molecule is CCN(c1nc(-c2ccc(F)cc2)cs1)c1c2cc(N3CCCCC3)cc(F)c2nn1CC.CCN(c1nc(-c2ccc(F)cc2)cs1)c1c2cc(N3CCNCC3)cc(F)c2nn1CC.CCN(c1nc(-c2ccc(F)cc2)cs1)c1c2nc(N3CCN(CC(=O)N4CC(O)C4)CC3)cc(F)c2nn1CC.O=C(CCl)N1CC(O)C1. The van der Waals surface area contributed by atoms with Gasteiger partial charge in [0, 0.05) is 192 Å². The normalized spacial score (nSPS) is 15.4. The van der Waals surface area contributed by atoms with Crippen LogP contribution in [0.5, 0.6) is 0 Å². The molecule has 2 amide bonds. The second kappa shape index (κ2) is 37.1. The number of β-amino-alcohol motifs (C(OH)–C–C–N with tert-alkyl or cyclic N) is 2. The molecule has 17 rings (SSSR count). The minimum absolute atomic E-state index is 0.0206. The number of anilines is 9. The number of hydrogen-bond donors (Lipinski definition) is 3. The van der Waals surface area contributed by atoms with Gasteiger partial charge in [-0.05, 0) is 158 Å². The van der Waals surface area contributed by atoms with Crippen LogP contribution < -0.4 is 34.7 Å². The fourth-order valence-corrected chi connectivity index (χ4v) is 17.7. The second-order valence-corrected chi connectivity index (χ2v) is 31.4. The number of likely N-dealkylation sites (tertiary alicyclic amines) is 2. The Hall–Kier alpha value is -10.00. The van der Waals surface area contributed by atoms with Crippen LogP contribution in [0.1, 0.15) is 60.8 Å². The highest BCUT2D eigenvalue weighted by Gasteiger charge is 2.34. The van der Waals surface area contributed by atoms with Crippen LogP contribution >= 0.6 is 45.6 Å². The van der Waals surface area contributed by atoms with E-state index in [0.29, 0.717) is 131 Å². The van der Waals surface area contributed by atoms with Gasteiger partial charge in [-0.25, -0.2) is 60.3 Å². The van der Waals surface area contributed by atoms with Crippen molar-refractivity contribution in [2.45, 2.75) is 92.6 Å². The topological polar surface area (TPSA) is 221 Å². The van der Waals surface area contributed by atoms with Gasteiger partial charge in [-0.15, -0.1) is 45.6 Å². The van der Waals surface area contributed by atoms with E-state index in [1.165, 1.54) is 87.8 Å². The van der Waals surface area contributed by atoms with E-state index in [4.69, 9.17) is 36.6 Å². The van der Waals surface area contributed by atoms with E-state index in [9.17, 15) is 27.9 Å². The molecule has 116 heavy (non-hydrogen) atoms. The van der Waals surface area contributed by atoms with Crippen LogP contribution in [0.2, 0.25) is 0 Å². The molecule has 0 radical (unpaired) electrons. The Morgan fingerprint density at radius 2 is 0.845 bits per heavy atom. The molecular weight excluding hydrogens is 1570 g/mol. The summed E-state index contributed by atoms with van der Waals surface area (Å²) in [6.07, 6.45) is 2.76. The third kappa shape index (κ3) is 18.1. The van der Waals surface area contributed by atoms with Crippen molar-refractivity contribution < 1.29 is 46.1 Å². The number of amides is 2. The largest absolute Gasteiger partial charge is 0.389 e. The summed E-state index contributed by atoms with van der Waals surface area (Å²) in [4.78, 5) is 60.4. The molecule has 0 aliphatic carbocycles. The number of piperazine rings is 2. The van der Waals surface area contributed by atoms with Crippen LogP contribution in [0, 0.1) is 34.9 Å². The molecule has 5 fully saturated rings. The Bertz CT molecular complexity index is 5170. The number of halogens is 7. The average Bonchev–Trinajstić information content (AvgIpc) is 1.61. The summed E-state index contributed by atoms with van der Waals surface area (Å²) in [6, 6.07) is 27.7. The fourth-order valence-electron chi connectivity index (χ4n) is 14.8. The molecule has 3 N–H and O–H groups in total. The number of hydrogen-bond acceptors (Lipinski definition) is 22. The number of carbonyl (C=O) groups is 2. The predicted molar refractivity (Wildman–Crippen MR) is 450 cm³/mol. The summed E-state index contributed by atoms with van der Waals surface area (Å²) in [5.41, 5.74) is 8.08. The third-order valence-electron chi connectivity index (χ3n) is 21.1. The first-order valence-corrected chi connectivity index (χ1v) is 42.5. The Morgan fingerprint density at radius 3 is 1.25 bits per heavy atom. The van der Waals surface area contributed by atoms with Crippen molar-refractivity contribution in [1.29, 1.82) is 0 Å². The van der Waals surface area contributed by atoms with E-state index >= 15 is 13.2 Å². The summed E-state index contributed by atoms with van der Waals surface area (Å²) in [5, 5.41) is 45.0. The van der Waals surface area contributed by atoms with E-state index < -0.39 is 11.9 Å². The molecule has 0 saturated carbocycles. The van der Waals surface area contributed by atoms with Crippen LogP contribution in [0.4, 0.5) is 76.4 Å². The van der Waals surface area contributed by atoms with Crippen LogP contribution in [0.15, 0.2) is 119 Å². The number of aryl methyl sites for hydroxylation is 3. The Labute approximate surface area is 685 Å². The molecule has 5 aliphatic heterocycles. The van der Waals surface area contributed by atoms with Gasteiger partial charge in [0.2, 0.25) is 11.8 Å². The standard InChI is InChI=1S/C28H32F2N8O2S.C25H27F2N5S.C24H26F2N6S.C5H8ClNO2/c1-3-37(28-31-22(17-41-28)18-5-7-19(29)8-6-18)27-26-25(33-38(27)4-2)21(30)13-23(32-26)35-11-9-34(10-12-35)16-24(40)36-14-20(39)15-36;1-3-31(25-28-22(16-33-25)17-8-10-18(26)11-9-17)24-20-14-19(30-12-6-5-7-13-30)15-21(27)23(20)29-32(24)4-2;1-3-31(24-28-21(15-33-24)16-5-7-17(25)8-6-16)23-19-13-18(30-11-9-27-10-12-30)14-20(26)22(19)29-32(23)4-2;6-1-5(9)7-2-4(8)3-7/h5-8,13,17,20,39H,3-4,9-12,14-16H2,1-2H3;8-11,14-16H,3-7,12-13H2,1-2H3;5-8,13-15,27H,3-4,9-12H2,1-2H3;4,8H,1-3H2. The van der Waals surface area contributed by atoms with Crippen molar-refractivity contribution in [3.8, 4) is 33.8 Å². The molecular formula is C82H93ClF6N20O4S3. The molecule has 612 valence electrons. The zero-order chi connectivity index (χ0) is 81.4. The quantitative estimate of drug-likeness (QED) is 0.0449. The number of pyridine rings is 1. The number of nitrogens with zero attached hydrogens (tertiary/aromatic N) is 19. The second-order valence-electron chi connectivity index (χ2n) is 28.6. The number of benzene rings is 5. The molecule has 12 heterocycles.